The molecule has 0 heterocycles. The van der Waals surface area contributed by atoms with Gasteiger partial charge in [0, 0.05) is 0 Å². The van der Waals surface area contributed by atoms with Crippen LogP contribution in [0.1, 0.15) is 11.1 Å². The summed E-state index contributed by atoms with van der Waals surface area (Å²) in [5, 5.41) is 0. The van der Waals surface area contributed by atoms with Gasteiger partial charge in [-0.2, -0.15) is 0 Å². The molecule has 2 rings (SSSR count). The first-order valence-electron chi connectivity index (χ1n) is 5.58. The fraction of sp³-hybridized carbons (Fsp3) is 0.200. The van der Waals surface area contributed by atoms with Gasteiger partial charge in [0.05, 0.1) is 7.11 Å². The number of ether oxygens (including phenoxy) is 2. The van der Waals surface area contributed by atoms with Crippen molar-refractivity contribution in [3.63, 3.8) is 0 Å². The van der Waals surface area contributed by atoms with Crippen molar-refractivity contribution in [1.82, 2.24) is 0 Å². The highest BCUT2D eigenvalue weighted by molar-refractivity contribution is 5.45. The molecule has 0 aromatic heterocycles. The zero-order chi connectivity index (χ0) is 12.3. The third kappa shape index (κ3) is 2.78. The summed E-state index contributed by atoms with van der Waals surface area (Å²) in [5.41, 5.74) is 2.37. The fourth-order valence-electron chi connectivity index (χ4n) is 1.59. The van der Waals surface area contributed by atoms with Gasteiger partial charge in [-0.05, 0) is 43.7 Å². The largest absolute Gasteiger partial charge is 0.493 e. The first-order valence-corrected chi connectivity index (χ1v) is 5.58. The van der Waals surface area contributed by atoms with Gasteiger partial charge >= 0.3 is 0 Å². The number of benzene rings is 2. The standard InChI is InChI=1S/C15H16O2/c1-11-4-7-13(8-5-11)17-14-9-6-12(2)10-15(14)16-3/h4-10H,1-3H3. The Labute approximate surface area is 102 Å². The molecule has 0 aliphatic rings. The predicted molar refractivity (Wildman–Crippen MR) is 69.0 cm³/mol. The summed E-state index contributed by atoms with van der Waals surface area (Å²) in [6.45, 7) is 4.08. The number of hydrogen-bond acceptors (Lipinski definition) is 2. The summed E-state index contributed by atoms with van der Waals surface area (Å²) < 4.78 is 11.1. The lowest BCUT2D eigenvalue weighted by atomic mass is 10.2. The second-order valence-electron chi connectivity index (χ2n) is 4.07. The highest BCUT2D eigenvalue weighted by atomic mass is 16.5. The topological polar surface area (TPSA) is 18.5 Å². The Kier molecular flexibility index (Phi) is 3.33. The van der Waals surface area contributed by atoms with Crippen LogP contribution in [-0.4, -0.2) is 7.11 Å². The van der Waals surface area contributed by atoms with E-state index in [0.717, 1.165) is 22.8 Å². The molecule has 0 bridgehead atoms. The summed E-state index contributed by atoms with van der Waals surface area (Å²) in [4.78, 5) is 0. The fourth-order valence-corrected chi connectivity index (χ4v) is 1.59. The van der Waals surface area contributed by atoms with E-state index in [-0.39, 0.29) is 0 Å². The van der Waals surface area contributed by atoms with Crippen molar-refractivity contribution >= 4 is 0 Å². The minimum atomic E-state index is 0.738. The molecule has 0 fully saturated rings. The zero-order valence-corrected chi connectivity index (χ0v) is 10.4. The molecular weight excluding hydrogens is 212 g/mol. The van der Waals surface area contributed by atoms with Crippen LogP contribution in [0.2, 0.25) is 0 Å². The van der Waals surface area contributed by atoms with Gasteiger partial charge in [0.1, 0.15) is 5.75 Å². The average molecular weight is 228 g/mol. The molecule has 2 aromatic rings. The molecular formula is C15H16O2. The Balaban J connectivity index is 2.26. The molecule has 0 saturated carbocycles. The maximum atomic E-state index is 5.79. The molecule has 0 spiro atoms. The molecule has 0 atom stereocenters. The van der Waals surface area contributed by atoms with Crippen LogP contribution in [0.4, 0.5) is 0 Å². The van der Waals surface area contributed by atoms with Crippen molar-refractivity contribution < 1.29 is 9.47 Å². The lowest BCUT2D eigenvalue weighted by Gasteiger charge is -2.11. The predicted octanol–water partition coefficient (Wildman–Crippen LogP) is 4.10. The zero-order valence-electron chi connectivity index (χ0n) is 10.4. The Morgan fingerprint density at radius 2 is 1.41 bits per heavy atom. The number of rotatable bonds is 3. The molecule has 2 aromatic carbocycles. The third-order valence-electron chi connectivity index (χ3n) is 2.57. The molecule has 17 heavy (non-hydrogen) atoms. The number of methoxy groups -OCH3 is 1. The van der Waals surface area contributed by atoms with Crippen molar-refractivity contribution in [2.45, 2.75) is 13.8 Å². The molecule has 0 amide bonds. The summed E-state index contributed by atoms with van der Waals surface area (Å²) in [5.74, 6) is 2.31. The Bertz CT molecular complexity index is 501. The lowest BCUT2D eigenvalue weighted by Crippen LogP contribution is -1.91. The normalized spacial score (nSPS) is 10.1. The molecule has 0 N–H and O–H groups in total. The SMILES string of the molecule is COc1cc(C)ccc1Oc1ccc(C)cc1. The maximum absolute atomic E-state index is 5.79. The smallest absolute Gasteiger partial charge is 0.169 e. The molecule has 2 nitrogen and oxygen atoms in total. The summed E-state index contributed by atoms with van der Waals surface area (Å²) in [6, 6.07) is 13.8. The monoisotopic (exact) mass is 228 g/mol. The van der Waals surface area contributed by atoms with Crippen LogP contribution in [0.25, 0.3) is 0 Å². The van der Waals surface area contributed by atoms with Crippen molar-refractivity contribution in [3.05, 3.63) is 53.6 Å². The summed E-state index contributed by atoms with van der Waals surface area (Å²) >= 11 is 0. The second kappa shape index (κ2) is 4.91. The van der Waals surface area contributed by atoms with Crippen LogP contribution < -0.4 is 9.47 Å². The summed E-state index contributed by atoms with van der Waals surface area (Å²) in [7, 11) is 1.65. The highest BCUT2D eigenvalue weighted by Crippen LogP contribution is 2.32. The van der Waals surface area contributed by atoms with Crippen LogP contribution in [0, 0.1) is 13.8 Å². The van der Waals surface area contributed by atoms with Gasteiger partial charge in [-0.1, -0.05) is 23.8 Å². The molecule has 0 radical (unpaired) electrons. The van der Waals surface area contributed by atoms with E-state index in [9.17, 15) is 0 Å². The van der Waals surface area contributed by atoms with Crippen molar-refractivity contribution in [2.75, 3.05) is 7.11 Å². The second-order valence-corrected chi connectivity index (χ2v) is 4.07. The molecule has 0 aliphatic carbocycles. The Hall–Kier alpha value is -1.96. The number of aryl methyl sites for hydroxylation is 2. The molecule has 2 heteroatoms. The first-order chi connectivity index (χ1) is 8.19. The van der Waals surface area contributed by atoms with Gasteiger partial charge in [0.15, 0.2) is 11.5 Å². The van der Waals surface area contributed by atoms with Gasteiger partial charge in [-0.25, -0.2) is 0 Å². The van der Waals surface area contributed by atoms with E-state index in [4.69, 9.17) is 9.47 Å². The van der Waals surface area contributed by atoms with Crippen LogP contribution in [-0.2, 0) is 0 Å². The van der Waals surface area contributed by atoms with Crippen LogP contribution in [0.5, 0.6) is 17.2 Å². The maximum Gasteiger partial charge on any atom is 0.169 e. The van der Waals surface area contributed by atoms with E-state index in [2.05, 4.69) is 6.92 Å². The van der Waals surface area contributed by atoms with E-state index in [1.54, 1.807) is 7.11 Å². The summed E-state index contributed by atoms with van der Waals surface area (Å²) in [6.07, 6.45) is 0. The third-order valence-corrected chi connectivity index (χ3v) is 2.57. The van der Waals surface area contributed by atoms with E-state index in [1.807, 2.05) is 49.4 Å². The van der Waals surface area contributed by atoms with Crippen molar-refractivity contribution in [2.24, 2.45) is 0 Å². The van der Waals surface area contributed by atoms with Crippen LogP contribution in [0.3, 0.4) is 0 Å². The van der Waals surface area contributed by atoms with Gasteiger partial charge in [0.2, 0.25) is 0 Å². The minimum absolute atomic E-state index is 0.738. The van der Waals surface area contributed by atoms with E-state index < -0.39 is 0 Å². The first kappa shape index (κ1) is 11.5. The van der Waals surface area contributed by atoms with E-state index in [1.165, 1.54) is 5.56 Å². The van der Waals surface area contributed by atoms with Crippen LogP contribution in [0.15, 0.2) is 42.5 Å². The van der Waals surface area contributed by atoms with Gasteiger partial charge in [-0.15, -0.1) is 0 Å². The minimum Gasteiger partial charge on any atom is -0.493 e. The molecule has 0 saturated heterocycles. The lowest BCUT2D eigenvalue weighted by molar-refractivity contribution is 0.378. The van der Waals surface area contributed by atoms with Crippen LogP contribution >= 0.6 is 0 Å². The number of hydrogen-bond donors (Lipinski definition) is 0. The molecule has 0 unspecified atom stereocenters. The van der Waals surface area contributed by atoms with E-state index in [0.29, 0.717) is 0 Å². The quantitative estimate of drug-likeness (QED) is 0.787. The molecule has 0 aliphatic heterocycles. The van der Waals surface area contributed by atoms with Gasteiger partial charge < -0.3 is 9.47 Å². The Morgan fingerprint density at radius 3 is 2.06 bits per heavy atom. The van der Waals surface area contributed by atoms with Gasteiger partial charge in [-0.3, -0.25) is 0 Å². The van der Waals surface area contributed by atoms with Gasteiger partial charge in [0.25, 0.3) is 0 Å². The average Bonchev–Trinajstić information content (AvgIpc) is 2.34. The van der Waals surface area contributed by atoms with Crippen molar-refractivity contribution in [3.8, 4) is 17.2 Å². The van der Waals surface area contributed by atoms with Crippen molar-refractivity contribution in [1.29, 1.82) is 0 Å². The van der Waals surface area contributed by atoms with E-state index >= 15 is 0 Å². The highest BCUT2D eigenvalue weighted by Gasteiger charge is 2.05. The Morgan fingerprint density at radius 1 is 0.765 bits per heavy atom. The molecule has 88 valence electrons.